The zero-order valence-corrected chi connectivity index (χ0v) is 11.7. The fourth-order valence-corrected chi connectivity index (χ4v) is 2.38. The van der Waals surface area contributed by atoms with Crippen LogP contribution in [0.5, 0.6) is 0 Å². The molecule has 0 aliphatic carbocycles. The van der Waals surface area contributed by atoms with Gasteiger partial charge in [-0.05, 0) is 18.2 Å². The average Bonchev–Trinajstić information content (AvgIpc) is 2.34. The van der Waals surface area contributed by atoms with E-state index < -0.39 is 9.84 Å². The molecule has 0 amide bonds. The summed E-state index contributed by atoms with van der Waals surface area (Å²) in [5.74, 6) is 0.790. The van der Waals surface area contributed by atoms with Crippen molar-refractivity contribution in [2.75, 3.05) is 36.2 Å². The van der Waals surface area contributed by atoms with E-state index in [9.17, 15) is 8.42 Å². The van der Waals surface area contributed by atoms with Gasteiger partial charge < -0.3 is 10.6 Å². The molecule has 0 atom stereocenters. The number of benzene rings is 1. The SMILES string of the molecule is CN(CCS(C)(=O)=O)c1ncnc2cc(N)ccc12. The lowest BCUT2D eigenvalue weighted by molar-refractivity contribution is 0.601. The van der Waals surface area contributed by atoms with E-state index >= 15 is 0 Å². The van der Waals surface area contributed by atoms with Crippen LogP contribution in [0.1, 0.15) is 0 Å². The van der Waals surface area contributed by atoms with Gasteiger partial charge in [-0.1, -0.05) is 0 Å². The Morgan fingerprint density at radius 2 is 2.05 bits per heavy atom. The number of hydrogen-bond donors (Lipinski definition) is 1. The first-order valence-corrected chi connectivity index (χ1v) is 7.82. The van der Waals surface area contributed by atoms with Gasteiger partial charge >= 0.3 is 0 Å². The highest BCUT2D eigenvalue weighted by molar-refractivity contribution is 7.90. The van der Waals surface area contributed by atoms with Crippen molar-refractivity contribution < 1.29 is 8.42 Å². The monoisotopic (exact) mass is 280 g/mol. The number of aromatic nitrogens is 2. The summed E-state index contributed by atoms with van der Waals surface area (Å²) in [4.78, 5) is 10.2. The molecule has 19 heavy (non-hydrogen) atoms. The summed E-state index contributed by atoms with van der Waals surface area (Å²) in [6, 6.07) is 5.39. The minimum Gasteiger partial charge on any atom is -0.399 e. The summed E-state index contributed by atoms with van der Waals surface area (Å²) in [5.41, 5.74) is 7.09. The number of rotatable bonds is 4. The molecule has 6 nitrogen and oxygen atoms in total. The highest BCUT2D eigenvalue weighted by Gasteiger charge is 2.11. The Morgan fingerprint density at radius 3 is 2.74 bits per heavy atom. The maximum atomic E-state index is 11.2. The molecule has 7 heteroatoms. The topological polar surface area (TPSA) is 89.2 Å². The largest absolute Gasteiger partial charge is 0.399 e. The molecule has 2 N–H and O–H groups in total. The Bertz CT molecular complexity index is 700. The number of nitrogens with zero attached hydrogens (tertiary/aromatic N) is 3. The number of sulfone groups is 1. The highest BCUT2D eigenvalue weighted by Crippen LogP contribution is 2.23. The normalized spacial score (nSPS) is 11.7. The van der Waals surface area contributed by atoms with E-state index in [1.807, 2.05) is 13.1 Å². The standard InChI is InChI=1S/C12H16N4O2S/c1-16(5-6-19(2,17)18)12-10-4-3-9(13)7-11(10)14-8-15-12/h3-4,7-8H,5-6,13H2,1-2H3. The van der Waals surface area contributed by atoms with Crippen LogP contribution in [0.25, 0.3) is 10.9 Å². The lowest BCUT2D eigenvalue weighted by Crippen LogP contribution is -2.25. The molecule has 1 aromatic carbocycles. The fraction of sp³-hybridized carbons (Fsp3) is 0.333. The maximum absolute atomic E-state index is 11.2. The smallest absolute Gasteiger partial charge is 0.149 e. The lowest BCUT2D eigenvalue weighted by Gasteiger charge is -2.19. The number of nitrogens with two attached hydrogens (primary N) is 1. The molecular weight excluding hydrogens is 264 g/mol. The second-order valence-corrected chi connectivity index (χ2v) is 6.79. The summed E-state index contributed by atoms with van der Waals surface area (Å²) < 4.78 is 22.4. The Kier molecular flexibility index (Phi) is 3.57. The molecule has 1 aromatic heterocycles. The fourth-order valence-electron chi connectivity index (χ4n) is 1.77. The molecule has 0 saturated heterocycles. The second-order valence-electron chi connectivity index (χ2n) is 4.53. The zero-order chi connectivity index (χ0) is 14.0. The van der Waals surface area contributed by atoms with E-state index in [2.05, 4.69) is 9.97 Å². The van der Waals surface area contributed by atoms with E-state index in [1.54, 1.807) is 17.0 Å². The number of fused-ring (bicyclic) bond motifs is 1. The van der Waals surface area contributed by atoms with Crippen molar-refractivity contribution in [2.24, 2.45) is 0 Å². The van der Waals surface area contributed by atoms with Crippen molar-refractivity contribution in [2.45, 2.75) is 0 Å². The molecule has 0 aliphatic rings. The first-order valence-electron chi connectivity index (χ1n) is 5.76. The molecule has 0 unspecified atom stereocenters. The van der Waals surface area contributed by atoms with Crippen LogP contribution < -0.4 is 10.6 Å². The quantitative estimate of drug-likeness (QED) is 0.829. The first kappa shape index (κ1) is 13.5. The van der Waals surface area contributed by atoms with Crippen LogP contribution >= 0.6 is 0 Å². The van der Waals surface area contributed by atoms with Crippen LogP contribution in [-0.4, -0.2) is 44.0 Å². The summed E-state index contributed by atoms with van der Waals surface area (Å²) in [5, 5.41) is 0.854. The molecule has 0 bridgehead atoms. The number of nitrogen functional groups attached to an aromatic ring is 1. The molecular formula is C12H16N4O2S. The molecule has 102 valence electrons. The third-order valence-electron chi connectivity index (χ3n) is 2.80. The van der Waals surface area contributed by atoms with Crippen LogP contribution in [0.2, 0.25) is 0 Å². The molecule has 0 spiro atoms. The van der Waals surface area contributed by atoms with Crippen LogP contribution in [0, 0.1) is 0 Å². The van der Waals surface area contributed by atoms with Gasteiger partial charge in [0.25, 0.3) is 0 Å². The highest BCUT2D eigenvalue weighted by atomic mass is 32.2. The average molecular weight is 280 g/mol. The summed E-state index contributed by atoms with van der Waals surface area (Å²) in [7, 11) is -1.18. The van der Waals surface area contributed by atoms with Crippen LogP contribution in [0.15, 0.2) is 24.5 Å². The van der Waals surface area contributed by atoms with Crippen molar-refractivity contribution in [3.05, 3.63) is 24.5 Å². The number of anilines is 2. The molecule has 2 aromatic rings. The summed E-state index contributed by atoms with van der Waals surface area (Å²) in [6.07, 6.45) is 2.67. The predicted octanol–water partition coefficient (Wildman–Crippen LogP) is 0.693. The molecule has 2 rings (SSSR count). The Labute approximate surface area is 112 Å². The Balaban J connectivity index is 2.34. The molecule has 0 radical (unpaired) electrons. The van der Waals surface area contributed by atoms with E-state index in [4.69, 9.17) is 5.73 Å². The van der Waals surface area contributed by atoms with Crippen molar-refractivity contribution in [3.8, 4) is 0 Å². The van der Waals surface area contributed by atoms with Crippen LogP contribution in [0.3, 0.4) is 0 Å². The van der Waals surface area contributed by atoms with Gasteiger partial charge in [0.1, 0.15) is 22.0 Å². The second kappa shape index (κ2) is 5.00. The summed E-state index contributed by atoms with van der Waals surface area (Å²) >= 11 is 0. The maximum Gasteiger partial charge on any atom is 0.149 e. The van der Waals surface area contributed by atoms with Gasteiger partial charge in [0.2, 0.25) is 0 Å². The van der Waals surface area contributed by atoms with E-state index in [0.29, 0.717) is 18.1 Å². The first-order chi connectivity index (χ1) is 8.87. The Morgan fingerprint density at radius 1 is 1.32 bits per heavy atom. The van der Waals surface area contributed by atoms with Crippen LogP contribution in [0.4, 0.5) is 11.5 Å². The third-order valence-corrected chi connectivity index (χ3v) is 3.72. The minimum atomic E-state index is -2.99. The molecule has 0 fully saturated rings. The van der Waals surface area contributed by atoms with E-state index in [-0.39, 0.29) is 5.75 Å². The number of hydrogen-bond acceptors (Lipinski definition) is 6. The summed E-state index contributed by atoms with van der Waals surface area (Å²) in [6.45, 7) is 0.384. The van der Waals surface area contributed by atoms with Gasteiger partial charge in [-0.3, -0.25) is 0 Å². The van der Waals surface area contributed by atoms with Gasteiger partial charge in [0.15, 0.2) is 0 Å². The van der Waals surface area contributed by atoms with Crippen molar-refractivity contribution in [1.82, 2.24) is 9.97 Å². The molecule has 0 saturated carbocycles. The van der Waals surface area contributed by atoms with Crippen LogP contribution in [-0.2, 0) is 9.84 Å². The minimum absolute atomic E-state index is 0.0873. The van der Waals surface area contributed by atoms with Gasteiger partial charge in [-0.15, -0.1) is 0 Å². The van der Waals surface area contributed by atoms with Gasteiger partial charge in [0, 0.05) is 30.9 Å². The van der Waals surface area contributed by atoms with E-state index in [0.717, 1.165) is 10.9 Å². The van der Waals surface area contributed by atoms with Crippen molar-refractivity contribution in [3.63, 3.8) is 0 Å². The zero-order valence-electron chi connectivity index (χ0n) is 10.9. The molecule has 1 heterocycles. The third kappa shape index (κ3) is 3.31. The van der Waals surface area contributed by atoms with E-state index in [1.165, 1.54) is 12.6 Å². The van der Waals surface area contributed by atoms with Crippen molar-refractivity contribution >= 4 is 32.2 Å². The van der Waals surface area contributed by atoms with Crippen molar-refractivity contribution in [1.29, 1.82) is 0 Å². The lowest BCUT2D eigenvalue weighted by atomic mass is 10.2. The van der Waals surface area contributed by atoms with Gasteiger partial charge in [-0.2, -0.15) is 0 Å². The predicted molar refractivity (Wildman–Crippen MR) is 76.9 cm³/mol. The van der Waals surface area contributed by atoms with Gasteiger partial charge in [0.05, 0.1) is 11.3 Å². The Hall–Kier alpha value is -1.89. The van der Waals surface area contributed by atoms with Gasteiger partial charge in [-0.25, -0.2) is 18.4 Å². The molecule has 0 aliphatic heterocycles.